The van der Waals surface area contributed by atoms with E-state index in [1.807, 2.05) is 42.5 Å². The third-order valence-corrected chi connectivity index (χ3v) is 6.03. The van der Waals surface area contributed by atoms with E-state index in [1.54, 1.807) is 7.11 Å². The lowest BCUT2D eigenvalue weighted by Crippen LogP contribution is -2.26. The highest BCUT2D eigenvalue weighted by molar-refractivity contribution is 6.01. The number of methoxy groups -OCH3 is 1. The molecule has 0 spiro atoms. The van der Waals surface area contributed by atoms with Crippen LogP contribution < -0.4 is 15.4 Å². The van der Waals surface area contributed by atoms with E-state index in [2.05, 4.69) is 47.0 Å². The van der Waals surface area contributed by atoms with Crippen molar-refractivity contribution in [3.05, 3.63) is 101 Å². The molecule has 0 saturated heterocycles. The highest BCUT2D eigenvalue weighted by Crippen LogP contribution is 2.44. The Hall–Kier alpha value is -3.53. The van der Waals surface area contributed by atoms with Crippen LogP contribution in [0.1, 0.15) is 35.9 Å². The van der Waals surface area contributed by atoms with E-state index in [-0.39, 0.29) is 17.7 Å². The Bertz CT molecular complexity index is 1100. The SMILES string of the molecule is COc1ccc([C@@H]2CC(=O)C3=C(C2)Nc2ccccc2N[C@H]3c2ccccc2)cc1. The number of anilines is 2. The summed E-state index contributed by atoms with van der Waals surface area (Å²) < 4.78 is 5.29. The maximum Gasteiger partial charge on any atom is 0.163 e. The van der Waals surface area contributed by atoms with Gasteiger partial charge in [-0.1, -0.05) is 54.6 Å². The first-order valence-corrected chi connectivity index (χ1v) is 10.3. The third kappa shape index (κ3) is 3.35. The Balaban J connectivity index is 1.57. The van der Waals surface area contributed by atoms with Crippen molar-refractivity contribution in [2.75, 3.05) is 17.7 Å². The Labute approximate surface area is 176 Å². The Morgan fingerprint density at radius 1 is 0.800 bits per heavy atom. The molecule has 0 amide bonds. The van der Waals surface area contributed by atoms with Crippen LogP contribution in [-0.4, -0.2) is 12.9 Å². The van der Waals surface area contributed by atoms with Crippen molar-refractivity contribution in [1.29, 1.82) is 0 Å². The number of ether oxygens (including phenoxy) is 1. The third-order valence-electron chi connectivity index (χ3n) is 6.03. The molecule has 3 aromatic rings. The van der Waals surface area contributed by atoms with E-state index in [9.17, 15) is 4.79 Å². The summed E-state index contributed by atoms with van der Waals surface area (Å²) in [6.07, 6.45) is 1.31. The zero-order valence-corrected chi connectivity index (χ0v) is 16.9. The highest BCUT2D eigenvalue weighted by atomic mass is 16.5. The maximum absolute atomic E-state index is 13.5. The largest absolute Gasteiger partial charge is 0.497 e. The average molecular weight is 396 g/mol. The molecule has 1 aliphatic carbocycles. The van der Waals surface area contributed by atoms with Crippen molar-refractivity contribution in [3.63, 3.8) is 0 Å². The molecule has 3 aromatic carbocycles. The van der Waals surface area contributed by atoms with Gasteiger partial charge >= 0.3 is 0 Å². The molecular formula is C26H24N2O2. The summed E-state index contributed by atoms with van der Waals surface area (Å²) >= 11 is 0. The predicted molar refractivity (Wildman–Crippen MR) is 120 cm³/mol. The second kappa shape index (κ2) is 7.71. The number of carbonyl (C=O) groups is 1. The summed E-state index contributed by atoms with van der Waals surface area (Å²) in [5, 5.41) is 7.20. The second-order valence-electron chi connectivity index (χ2n) is 7.85. The van der Waals surface area contributed by atoms with Gasteiger partial charge in [0.15, 0.2) is 5.78 Å². The zero-order valence-electron chi connectivity index (χ0n) is 16.9. The van der Waals surface area contributed by atoms with E-state index in [1.165, 1.54) is 5.56 Å². The van der Waals surface area contributed by atoms with Gasteiger partial charge in [-0.15, -0.1) is 0 Å². The summed E-state index contributed by atoms with van der Waals surface area (Å²) in [7, 11) is 1.67. The van der Waals surface area contributed by atoms with Gasteiger partial charge in [0.25, 0.3) is 0 Å². The summed E-state index contributed by atoms with van der Waals surface area (Å²) in [5.74, 6) is 1.17. The van der Waals surface area contributed by atoms with Crippen LogP contribution in [0.25, 0.3) is 0 Å². The number of benzene rings is 3. The van der Waals surface area contributed by atoms with Gasteiger partial charge in [-0.3, -0.25) is 4.79 Å². The number of allylic oxidation sites excluding steroid dienone is 1. The molecule has 150 valence electrons. The van der Waals surface area contributed by atoms with Crippen LogP contribution in [0.3, 0.4) is 0 Å². The lowest BCUT2D eigenvalue weighted by Gasteiger charge is -2.30. The molecule has 0 radical (unpaired) electrons. The predicted octanol–water partition coefficient (Wildman–Crippen LogP) is 5.67. The lowest BCUT2D eigenvalue weighted by atomic mass is 9.78. The normalized spacial score (nSPS) is 20.4. The standard InChI is InChI=1S/C26H24N2O2/c1-30-20-13-11-17(12-14-20)19-15-23-25(24(29)16-19)26(18-7-3-2-4-8-18)28-22-10-6-5-9-21(22)27-23/h2-14,19,26-28H,15-16H2,1H3/t19-,26-/m0/s1. The topological polar surface area (TPSA) is 50.4 Å². The summed E-state index contributed by atoms with van der Waals surface area (Å²) in [4.78, 5) is 13.5. The van der Waals surface area contributed by atoms with Crippen LogP contribution >= 0.6 is 0 Å². The van der Waals surface area contributed by atoms with Gasteiger partial charge < -0.3 is 15.4 Å². The number of ketones is 1. The number of rotatable bonds is 3. The number of hydrogen-bond acceptors (Lipinski definition) is 4. The molecule has 0 aromatic heterocycles. The minimum atomic E-state index is -0.165. The van der Waals surface area contributed by atoms with E-state index < -0.39 is 0 Å². The molecular weight excluding hydrogens is 372 g/mol. The fourth-order valence-electron chi connectivity index (χ4n) is 4.50. The van der Waals surface area contributed by atoms with E-state index in [0.717, 1.165) is 40.4 Å². The Morgan fingerprint density at radius 3 is 2.23 bits per heavy atom. The Kier molecular flexibility index (Phi) is 4.75. The molecule has 2 atom stereocenters. The van der Waals surface area contributed by atoms with Gasteiger partial charge in [0.05, 0.1) is 24.5 Å². The summed E-state index contributed by atoms with van der Waals surface area (Å²) in [6, 6.07) is 26.3. The number of para-hydroxylation sites is 2. The molecule has 2 aliphatic rings. The van der Waals surface area contributed by atoms with Crippen molar-refractivity contribution in [2.45, 2.75) is 24.8 Å². The van der Waals surface area contributed by atoms with E-state index in [4.69, 9.17) is 4.74 Å². The molecule has 4 heteroatoms. The number of hydrogen-bond donors (Lipinski definition) is 2. The highest BCUT2D eigenvalue weighted by Gasteiger charge is 2.35. The maximum atomic E-state index is 13.5. The van der Waals surface area contributed by atoms with E-state index in [0.29, 0.717) is 6.42 Å². The van der Waals surface area contributed by atoms with Gasteiger partial charge in [0.1, 0.15) is 5.75 Å². The van der Waals surface area contributed by atoms with Crippen molar-refractivity contribution in [3.8, 4) is 5.75 Å². The van der Waals surface area contributed by atoms with Crippen LogP contribution in [-0.2, 0) is 4.79 Å². The first kappa shape index (κ1) is 18.5. The minimum absolute atomic E-state index is 0.149. The first-order valence-electron chi connectivity index (χ1n) is 10.3. The fourth-order valence-corrected chi connectivity index (χ4v) is 4.50. The number of carbonyl (C=O) groups excluding carboxylic acids is 1. The van der Waals surface area contributed by atoms with Crippen LogP contribution in [0.4, 0.5) is 11.4 Å². The van der Waals surface area contributed by atoms with Crippen LogP contribution in [0, 0.1) is 0 Å². The molecule has 0 unspecified atom stereocenters. The lowest BCUT2D eigenvalue weighted by molar-refractivity contribution is -0.116. The zero-order chi connectivity index (χ0) is 20.5. The van der Waals surface area contributed by atoms with Gasteiger partial charge in [-0.25, -0.2) is 0 Å². The smallest absolute Gasteiger partial charge is 0.163 e. The quantitative estimate of drug-likeness (QED) is 0.598. The molecule has 0 saturated carbocycles. The van der Waals surface area contributed by atoms with Crippen molar-refractivity contribution >= 4 is 17.2 Å². The fraction of sp³-hybridized carbons (Fsp3) is 0.192. The van der Waals surface area contributed by atoms with Crippen LogP contribution in [0.2, 0.25) is 0 Å². The van der Waals surface area contributed by atoms with E-state index >= 15 is 0 Å². The average Bonchev–Trinajstić information content (AvgIpc) is 2.96. The minimum Gasteiger partial charge on any atom is -0.497 e. The van der Waals surface area contributed by atoms with Gasteiger partial charge in [0, 0.05) is 17.7 Å². The molecule has 4 nitrogen and oxygen atoms in total. The Morgan fingerprint density at radius 2 is 1.50 bits per heavy atom. The second-order valence-corrected chi connectivity index (χ2v) is 7.85. The van der Waals surface area contributed by atoms with Gasteiger partial charge in [-0.05, 0) is 47.7 Å². The monoisotopic (exact) mass is 396 g/mol. The molecule has 1 heterocycles. The molecule has 0 bridgehead atoms. The number of Topliss-reactive ketones (excluding diaryl/α,β-unsaturated/α-hetero) is 1. The molecule has 1 aliphatic heterocycles. The first-order chi connectivity index (χ1) is 14.7. The van der Waals surface area contributed by atoms with Crippen LogP contribution in [0.5, 0.6) is 5.75 Å². The van der Waals surface area contributed by atoms with Crippen molar-refractivity contribution in [1.82, 2.24) is 0 Å². The van der Waals surface area contributed by atoms with Gasteiger partial charge in [-0.2, -0.15) is 0 Å². The van der Waals surface area contributed by atoms with Crippen molar-refractivity contribution in [2.24, 2.45) is 0 Å². The summed E-state index contributed by atoms with van der Waals surface area (Å²) in [5.41, 5.74) is 6.14. The molecule has 2 N–H and O–H groups in total. The summed E-state index contributed by atoms with van der Waals surface area (Å²) in [6.45, 7) is 0. The molecule has 30 heavy (non-hydrogen) atoms. The molecule has 5 rings (SSSR count). The van der Waals surface area contributed by atoms with Crippen LogP contribution in [0.15, 0.2) is 90.1 Å². The number of fused-ring (bicyclic) bond motifs is 1. The van der Waals surface area contributed by atoms with Crippen molar-refractivity contribution < 1.29 is 9.53 Å². The van der Waals surface area contributed by atoms with Gasteiger partial charge in [0.2, 0.25) is 0 Å². The number of nitrogens with one attached hydrogen (secondary N) is 2. The molecule has 0 fully saturated rings.